The molecule has 2 aromatic carbocycles. The molecule has 154 valence electrons. The van der Waals surface area contributed by atoms with E-state index in [1.165, 1.54) is 4.88 Å². The number of carbonyl (C=O) groups is 2. The third-order valence-electron chi connectivity index (χ3n) is 5.09. The molecular weight excluding hydrogens is 414 g/mol. The second kappa shape index (κ2) is 9.49. The van der Waals surface area contributed by atoms with E-state index in [0.717, 1.165) is 34.6 Å². The number of thiophene rings is 1. The van der Waals surface area contributed by atoms with Gasteiger partial charge < -0.3 is 10.1 Å². The number of carbonyl (C=O) groups excluding carboxylic acids is 2. The highest BCUT2D eigenvalue weighted by molar-refractivity contribution is 7.99. The first-order chi connectivity index (χ1) is 14.6. The Labute approximate surface area is 184 Å². The molecule has 0 fully saturated rings. The lowest BCUT2D eigenvalue weighted by Gasteiger charge is -2.18. The second-order valence-corrected chi connectivity index (χ2v) is 9.51. The number of esters is 1. The van der Waals surface area contributed by atoms with E-state index >= 15 is 0 Å². The first kappa shape index (κ1) is 20.7. The van der Waals surface area contributed by atoms with Crippen LogP contribution in [0.5, 0.6) is 0 Å². The quantitative estimate of drug-likeness (QED) is 0.494. The van der Waals surface area contributed by atoms with Crippen molar-refractivity contribution >= 4 is 40.7 Å². The van der Waals surface area contributed by atoms with Crippen molar-refractivity contribution in [2.24, 2.45) is 5.92 Å². The van der Waals surface area contributed by atoms with Crippen LogP contribution in [-0.4, -0.2) is 18.5 Å². The summed E-state index contributed by atoms with van der Waals surface area (Å²) in [5, 5.41) is 4.73. The molecule has 0 saturated carbocycles. The van der Waals surface area contributed by atoms with Crippen molar-refractivity contribution in [2.45, 2.75) is 36.0 Å². The minimum atomic E-state index is -0.413. The van der Waals surface area contributed by atoms with Gasteiger partial charge in [-0.05, 0) is 55.0 Å². The lowest BCUT2D eigenvalue weighted by Crippen LogP contribution is -2.22. The Balaban J connectivity index is 1.36. The molecule has 0 bridgehead atoms. The Hall–Kier alpha value is -2.57. The minimum Gasteiger partial charge on any atom is -0.452 e. The molecule has 0 aliphatic heterocycles. The Morgan fingerprint density at radius 3 is 2.73 bits per heavy atom. The van der Waals surface area contributed by atoms with E-state index in [1.807, 2.05) is 60.0 Å². The van der Waals surface area contributed by atoms with Gasteiger partial charge in [-0.3, -0.25) is 4.79 Å². The number of hydrogen-bond acceptors (Lipinski definition) is 5. The van der Waals surface area contributed by atoms with Gasteiger partial charge in [-0.1, -0.05) is 49.0 Å². The van der Waals surface area contributed by atoms with Crippen LogP contribution in [0.3, 0.4) is 0 Å². The lowest BCUT2D eigenvalue weighted by atomic mass is 9.88. The lowest BCUT2D eigenvalue weighted by molar-refractivity contribution is -0.119. The van der Waals surface area contributed by atoms with Crippen molar-refractivity contribution in [1.29, 1.82) is 0 Å². The fraction of sp³-hybridized carbons (Fsp3) is 0.250. The summed E-state index contributed by atoms with van der Waals surface area (Å²) in [5.74, 6) is -0.106. The third kappa shape index (κ3) is 4.94. The van der Waals surface area contributed by atoms with Crippen LogP contribution in [0.1, 0.15) is 34.1 Å². The predicted octanol–water partition coefficient (Wildman–Crippen LogP) is 5.82. The van der Waals surface area contributed by atoms with Gasteiger partial charge in [-0.25, -0.2) is 4.79 Å². The second-order valence-electron chi connectivity index (χ2n) is 7.43. The summed E-state index contributed by atoms with van der Waals surface area (Å²) in [7, 11) is 0. The maximum Gasteiger partial charge on any atom is 0.339 e. The number of rotatable bonds is 6. The Bertz CT molecular complexity index is 1050. The molecule has 1 N–H and O–H groups in total. The molecule has 6 heteroatoms. The molecule has 30 heavy (non-hydrogen) atoms. The zero-order chi connectivity index (χ0) is 20.9. The molecule has 0 spiro atoms. The molecule has 4 rings (SSSR count). The molecule has 1 heterocycles. The van der Waals surface area contributed by atoms with Gasteiger partial charge in [-0.2, -0.15) is 0 Å². The smallest absolute Gasteiger partial charge is 0.339 e. The zero-order valence-electron chi connectivity index (χ0n) is 16.7. The van der Waals surface area contributed by atoms with Gasteiger partial charge in [0.15, 0.2) is 6.61 Å². The summed E-state index contributed by atoms with van der Waals surface area (Å²) >= 11 is 3.19. The standard InChI is InChI=1S/C24H23NO3S2/c1-16-11-12-18-19(15-29-22(18)13-16)24(27)28-14-23(26)25-20-9-5-6-10-21(20)30-17-7-3-2-4-8-17/h2-10,15-16H,11-14H2,1H3,(H,25,26)/t16-/m1/s1. The van der Waals surface area contributed by atoms with E-state index in [2.05, 4.69) is 12.2 Å². The molecule has 0 radical (unpaired) electrons. The molecule has 0 unspecified atom stereocenters. The predicted molar refractivity (Wildman–Crippen MR) is 121 cm³/mol. The molecule has 1 aliphatic rings. The SMILES string of the molecule is C[C@@H]1CCc2c(C(=O)OCC(=O)Nc3ccccc3Sc3ccccc3)csc2C1. The zero-order valence-corrected chi connectivity index (χ0v) is 18.4. The first-order valence-corrected chi connectivity index (χ1v) is 11.7. The number of para-hydroxylation sites is 1. The Morgan fingerprint density at radius 2 is 1.90 bits per heavy atom. The monoisotopic (exact) mass is 437 g/mol. The topological polar surface area (TPSA) is 55.4 Å². The molecule has 0 saturated heterocycles. The summed E-state index contributed by atoms with van der Waals surface area (Å²) in [4.78, 5) is 28.2. The number of ether oxygens (including phenoxy) is 1. The number of amides is 1. The van der Waals surface area contributed by atoms with Gasteiger partial charge in [-0.15, -0.1) is 11.3 Å². The van der Waals surface area contributed by atoms with E-state index in [9.17, 15) is 9.59 Å². The van der Waals surface area contributed by atoms with Crippen molar-refractivity contribution in [2.75, 3.05) is 11.9 Å². The van der Waals surface area contributed by atoms with Crippen LogP contribution in [0.2, 0.25) is 0 Å². The first-order valence-electron chi connectivity index (χ1n) is 9.98. The number of fused-ring (bicyclic) bond motifs is 1. The van der Waals surface area contributed by atoms with Crippen LogP contribution in [0.15, 0.2) is 69.8 Å². The molecule has 1 aliphatic carbocycles. The van der Waals surface area contributed by atoms with E-state index in [0.29, 0.717) is 17.2 Å². The Morgan fingerprint density at radius 1 is 1.13 bits per heavy atom. The highest BCUT2D eigenvalue weighted by Gasteiger charge is 2.24. The maximum absolute atomic E-state index is 12.5. The van der Waals surface area contributed by atoms with Crippen LogP contribution < -0.4 is 5.32 Å². The summed E-state index contributed by atoms with van der Waals surface area (Å²) in [6.07, 6.45) is 3.00. The van der Waals surface area contributed by atoms with Gasteiger partial charge >= 0.3 is 5.97 Å². The van der Waals surface area contributed by atoms with Gasteiger partial charge in [0.05, 0.1) is 11.3 Å². The van der Waals surface area contributed by atoms with Crippen LogP contribution in [0, 0.1) is 5.92 Å². The summed E-state index contributed by atoms with van der Waals surface area (Å²) in [6.45, 7) is 1.93. The summed E-state index contributed by atoms with van der Waals surface area (Å²) in [5.41, 5.74) is 2.43. The number of hydrogen-bond donors (Lipinski definition) is 1. The normalized spacial score (nSPS) is 15.3. The van der Waals surface area contributed by atoms with Crippen LogP contribution in [0.4, 0.5) is 5.69 Å². The molecule has 1 atom stereocenters. The largest absolute Gasteiger partial charge is 0.452 e. The van der Waals surface area contributed by atoms with Crippen LogP contribution in [0.25, 0.3) is 0 Å². The van der Waals surface area contributed by atoms with Gasteiger partial charge in [0, 0.05) is 20.0 Å². The summed E-state index contributed by atoms with van der Waals surface area (Å²) in [6, 6.07) is 17.6. The fourth-order valence-electron chi connectivity index (χ4n) is 3.52. The number of nitrogens with one attached hydrogen (secondary N) is 1. The van der Waals surface area contributed by atoms with E-state index in [1.54, 1.807) is 23.1 Å². The van der Waals surface area contributed by atoms with Gasteiger partial charge in [0.25, 0.3) is 5.91 Å². The Kier molecular flexibility index (Phi) is 6.55. The molecule has 1 amide bonds. The number of anilines is 1. The van der Waals surface area contributed by atoms with Crippen molar-refractivity contribution in [3.63, 3.8) is 0 Å². The summed E-state index contributed by atoms with van der Waals surface area (Å²) < 4.78 is 5.32. The van der Waals surface area contributed by atoms with Crippen molar-refractivity contribution in [1.82, 2.24) is 0 Å². The van der Waals surface area contributed by atoms with Crippen LogP contribution >= 0.6 is 23.1 Å². The van der Waals surface area contributed by atoms with Crippen LogP contribution in [-0.2, 0) is 22.4 Å². The average molecular weight is 438 g/mol. The molecule has 4 nitrogen and oxygen atoms in total. The van der Waals surface area contributed by atoms with Crippen molar-refractivity contribution in [3.8, 4) is 0 Å². The maximum atomic E-state index is 12.5. The molecular formula is C24H23NO3S2. The highest BCUT2D eigenvalue weighted by Crippen LogP contribution is 2.34. The van der Waals surface area contributed by atoms with Gasteiger partial charge in [0.1, 0.15) is 0 Å². The van der Waals surface area contributed by atoms with E-state index in [-0.39, 0.29) is 12.5 Å². The number of benzene rings is 2. The highest BCUT2D eigenvalue weighted by atomic mass is 32.2. The molecule has 1 aromatic heterocycles. The van der Waals surface area contributed by atoms with Gasteiger partial charge in [0.2, 0.25) is 0 Å². The molecule has 3 aromatic rings. The average Bonchev–Trinajstić information content (AvgIpc) is 3.17. The van der Waals surface area contributed by atoms with E-state index < -0.39 is 5.97 Å². The van der Waals surface area contributed by atoms with Crippen molar-refractivity contribution in [3.05, 3.63) is 76.0 Å². The fourth-order valence-corrected chi connectivity index (χ4v) is 5.67. The third-order valence-corrected chi connectivity index (χ3v) is 7.22. The minimum absolute atomic E-state index is 0.301. The van der Waals surface area contributed by atoms with E-state index in [4.69, 9.17) is 4.74 Å². The van der Waals surface area contributed by atoms with Crippen molar-refractivity contribution < 1.29 is 14.3 Å².